The summed E-state index contributed by atoms with van der Waals surface area (Å²) < 4.78 is 5.14. The molecule has 28 heavy (non-hydrogen) atoms. The number of esters is 1. The standard InChI is InChI=1S/C19H25ClN4O4/c1-4-14-17(18(26)28-5-2)15(23-19(27)22-14)10-24(3)11-16(25)21-13-8-6-12(20)7-9-13/h6-9,14H,4-5,10-11H2,1-3H3,(H,21,25)(H2,22,23,27)/p+1/t14-/m1/s1. The molecule has 9 heteroatoms. The number of hydrogen-bond donors (Lipinski definition) is 4. The molecule has 3 amide bonds. The van der Waals surface area contributed by atoms with Gasteiger partial charge in [0.2, 0.25) is 0 Å². The molecule has 1 heterocycles. The van der Waals surface area contributed by atoms with E-state index in [2.05, 4.69) is 16.0 Å². The lowest BCUT2D eigenvalue weighted by atomic mass is 10.00. The van der Waals surface area contributed by atoms with Crippen molar-refractivity contribution in [1.82, 2.24) is 10.6 Å². The summed E-state index contributed by atoms with van der Waals surface area (Å²) in [6.45, 7) is 4.30. The molecule has 1 aliphatic heterocycles. The van der Waals surface area contributed by atoms with Gasteiger partial charge in [0.15, 0.2) is 6.54 Å². The zero-order chi connectivity index (χ0) is 20.7. The molecule has 152 valence electrons. The van der Waals surface area contributed by atoms with Gasteiger partial charge in [-0.05, 0) is 37.6 Å². The Labute approximate surface area is 169 Å². The molecular formula is C19H26ClN4O4+. The second-order valence-corrected chi connectivity index (χ2v) is 6.97. The Hall–Kier alpha value is -2.58. The van der Waals surface area contributed by atoms with E-state index in [1.54, 1.807) is 31.2 Å². The third-order valence-corrected chi connectivity index (χ3v) is 4.47. The number of amides is 3. The Morgan fingerprint density at radius 2 is 1.93 bits per heavy atom. The van der Waals surface area contributed by atoms with E-state index in [0.29, 0.717) is 34.9 Å². The summed E-state index contributed by atoms with van der Waals surface area (Å²) >= 11 is 5.84. The molecule has 8 nitrogen and oxygen atoms in total. The molecule has 0 fully saturated rings. The smallest absolute Gasteiger partial charge is 0.338 e. The number of likely N-dealkylation sites (N-methyl/N-ethyl adjacent to an activating group) is 1. The van der Waals surface area contributed by atoms with Crippen LogP contribution in [-0.4, -0.2) is 50.7 Å². The zero-order valence-corrected chi connectivity index (χ0v) is 17.0. The minimum atomic E-state index is -0.463. The van der Waals surface area contributed by atoms with Crippen molar-refractivity contribution < 1.29 is 24.0 Å². The first kappa shape index (κ1) is 21.7. The topological polar surface area (TPSA) is 101 Å². The first-order valence-corrected chi connectivity index (χ1v) is 9.56. The van der Waals surface area contributed by atoms with Crippen LogP contribution in [0.1, 0.15) is 20.3 Å². The number of anilines is 1. The van der Waals surface area contributed by atoms with E-state index >= 15 is 0 Å². The molecule has 1 aliphatic rings. The van der Waals surface area contributed by atoms with E-state index in [0.717, 1.165) is 4.90 Å². The highest BCUT2D eigenvalue weighted by Crippen LogP contribution is 2.16. The minimum Gasteiger partial charge on any atom is -0.463 e. The Morgan fingerprint density at radius 3 is 2.54 bits per heavy atom. The molecule has 2 rings (SSSR count). The van der Waals surface area contributed by atoms with E-state index in [9.17, 15) is 14.4 Å². The van der Waals surface area contributed by atoms with Gasteiger partial charge in [-0.2, -0.15) is 0 Å². The second kappa shape index (κ2) is 10.1. The van der Waals surface area contributed by atoms with Gasteiger partial charge < -0.3 is 25.6 Å². The number of benzene rings is 1. The Kier molecular flexibility index (Phi) is 7.83. The average Bonchev–Trinajstić information content (AvgIpc) is 2.62. The molecule has 4 N–H and O–H groups in total. The molecule has 1 aromatic carbocycles. The first-order chi connectivity index (χ1) is 13.3. The SMILES string of the molecule is CCOC(=O)C1=C(C[NH+](C)CC(=O)Nc2ccc(Cl)cc2)NC(=O)N[C@@H]1CC. The van der Waals surface area contributed by atoms with Crippen molar-refractivity contribution in [2.24, 2.45) is 0 Å². The van der Waals surface area contributed by atoms with Gasteiger partial charge in [-0.25, -0.2) is 9.59 Å². The third-order valence-electron chi connectivity index (χ3n) is 4.22. The van der Waals surface area contributed by atoms with Crippen molar-refractivity contribution in [3.63, 3.8) is 0 Å². The molecular weight excluding hydrogens is 384 g/mol. The third kappa shape index (κ3) is 5.97. The quantitative estimate of drug-likeness (QED) is 0.475. The monoisotopic (exact) mass is 409 g/mol. The van der Waals surface area contributed by atoms with Gasteiger partial charge in [-0.3, -0.25) is 4.79 Å². The van der Waals surface area contributed by atoms with Crippen LogP contribution in [0.2, 0.25) is 5.02 Å². The fourth-order valence-electron chi connectivity index (χ4n) is 2.98. The van der Waals surface area contributed by atoms with Gasteiger partial charge in [-0.1, -0.05) is 18.5 Å². The van der Waals surface area contributed by atoms with Gasteiger partial charge in [-0.15, -0.1) is 0 Å². The summed E-state index contributed by atoms with van der Waals surface area (Å²) in [7, 11) is 1.81. The van der Waals surface area contributed by atoms with Crippen molar-refractivity contribution in [3.8, 4) is 0 Å². The summed E-state index contributed by atoms with van der Waals surface area (Å²) in [6, 6.07) is 6.04. The second-order valence-electron chi connectivity index (χ2n) is 6.54. The van der Waals surface area contributed by atoms with Crippen LogP contribution >= 0.6 is 11.6 Å². The van der Waals surface area contributed by atoms with Gasteiger partial charge in [0, 0.05) is 10.7 Å². The molecule has 0 radical (unpaired) electrons. The van der Waals surface area contributed by atoms with E-state index in [4.69, 9.17) is 16.3 Å². The van der Waals surface area contributed by atoms with Crippen LogP contribution < -0.4 is 20.9 Å². The van der Waals surface area contributed by atoms with Crippen LogP contribution in [0.3, 0.4) is 0 Å². The van der Waals surface area contributed by atoms with E-state index in [1.165, 1.54) is 0 Å². The van der Waals surface area contributed by atoms with Crippen molar-refractivity contribution in [1.29, 1.82) is 0 Å². The largest absolute Gasteiger partial charge is 0.463 e. The average molecular weight is 410 g/mol. The highest BCUT2D eigenvalue weighted by atomic mass is 35.5. The number of hydrogen-bond acceptors (Lipinski definition) is 4. The predicted octanol–water partition coefficient (Wildman–Crippen LogP) is 0.702. The normalized spacial score (nSPS) is 17.4. The fraction of sp³-hybridized carbons (Fsp3) is 0.421. The first-order valence-electron chi connectivity index (χ1n) is 9.18. The molecule has 0 saturated heterocycles. The Morgan fingerprint density at radius 1 is 1.25 bits per heavy atom. The maximum atomic E-state index is 12.4. The molecule has 0 saturated carbocycles. The van der Waals surface area contributed by atoms with Crippen molar-refractivity contribution in [3.05, 3.63) is 40.6 Å². The number of quaternary nitrogens is 1. The van der Waals surface area contributed by atoms with E-state index in [1.807, 2.05) is 14.0 Å². The summed E-state index contributed by atoms with van der Waals surface area (Å²) in [5.41, 5.74) is 1.53. The molecule has 0 bridgehead atoms. The molecule has 2 atom stereocenters. The minimum absolute atomic E-state index is 0.155. The lowest BCUT2D eigenvalue weighted by Gasteiger charge is -2.29. The number of carbonyl (C=O) groups is 3. The van der Waals surface area contributed by atoms with Crippen LogP contribution in [0, 0.1) is 0 Å². The maximum absolute atomic E-state index is 12.4. The number of carbonyl (C=O) groups excluding carboxylic acids is 3. The van der Waals surface area contributed by atoms with Crippen LogP contribution in [0.25, 0.3) is 0 Å². The molecule has 1 unspecified atom stereocenters. The Balaban J connectivity index is 2.08. The van der Waals surface area contributed by atoms with Crippen molar-refractivity contribution in [2.45, 2.75) is 26.3 Å². The summed E-state index contributed by atoms with van der Waals surface area (Å²) in [4.78, 5) is 37.4. The van der Waals surface area contributed by atoms with Crippen LogP contribution in [0.5, 0.6) is 0 Å². The van der Waals surface area contributed by atoms with Gasteiger partial charge in [0.1, 0.15) is 6.54 Å². The number of halogens is 1. The number of ether oxygens (including phenoxy) is 1. The molecule has 0 aliphatic carbocycles. The number of urea groups is 1. The van der Waals surface area contributed by atoms with Gasteiger partial charge in [0.05, 0.1) is 31.0 Å². The lowest BCUT2D eigenvalue weighted by Crippen LogP contribution is -3.10. The Bertz CT molecular complexity index is 764. The molecule has 1 aromatic rings. The predicted molar refractivity (Wildman–Crippen MR) is 106 cm³/mol. The van der Waals surface area contributed by atoms with E-state index in [-0.39, 0.29) is 25.1 Å². The lowest BCUT2D eigenvalue weighted by molar-refractivity contribution is -0.866. The zero-order valence-electron chi connectivity index (χ0n) is 16.2. The number of rotatable bonds is 8. The van der Waals surface area contributed by atoms with Crippen LogP contribution in [0.4, 0.5) is 10.5 Å². The summed E-state index contributed by atoms with van der Waals surface area (Å²) in [6.07, 6.45) is 0.557. The highest BCUT2D eigenvalue weighted by molar-refractivity contribution is 6.30. The van der Waals surface area contributed by atoms with Gasteiger partial charge >= 0.3 is 12.0 Å². The van der Waals surface area contributed by atoms with Crippen LogP contribution in [-0.2, 0) is 14.3 Å². The van der Waals surface area contributed by atoms with Gasteiger partial charge in [0.25, 0.3) is 5.91 Å². The van der Waals surface area contributed by atoms with Crippen LogP contribution in [0.15, 0.2) is 35.5 Å². The van der Waals surface area contributed by atoms with E-state index < -0.39 is 12.0 Å². The molecule has 0 spiro atoms. The van der Waals surface area contributed by atoms with Crippen molar-refractivity contribution in [2.75, 3.05) is 32.1 Å². The van der Waals surface area contributed by atoms with Crippen molar-refractivity contribution >= 4 is 35.2 Å². The summed E-state index contributed by atoms with van der Waals surface area (Å²) in [5, 5.41) is 8.80. The molecule has 0 aromatic heterocycles. The highest BCUT2D eigenvalue weighted by Gasteiger charge is 2.33. The maximum Gasteiger partial charge on any atom is 0.338 e. The number of nitrogens with one attached hydrogen (secondary N) is 4. The fourth-order valence-corrected chi connectivity index (χ4v) is 3.10. The summed E-state index contributed by atoms with van der Waals surface area (Å²) in [5.74, 6) is -0.652.